The zero-order valence-electron chi connectivity index (χ0n) is 11.6. The predicted octanol–water partition coefficient (Wildman–Crippen LogP) is 3.84. The number of hydrogen-bond donors (Lipinski definition) is 1. The third-order valence-electron chi connectivity index (χ3n) is 3.98. The van der Waals surface area contributed by atoms with Crippen molar-refractivity contribution in [2.24, 2.45) is 5.92 Å². The van der Waals surface area contributed by atoms with Gasteiger partial charge in [0.05, 0.1) is 11.6 Å². The van der Waals surface area contributed by atoms with Crippen LogP contribution in [-0.2, 0) is 4.79 Å². The van der Waals surface area contributed by atoms with Crippen molar-refractivity contribution in [1.82, 2.24) is 0 Å². The van der Waals surface area contributed by atoms with E-state index in [-0.39, 0.29) is 11.5 Å². The molecular formula is C15H20BrNO2. The van der Waals surface area contributed by atoms with E-state index in [2.05, 4.69) is 59.8 Å². The molecule has 1 N–H and O–H groups in total. The van der Waals surface area contributed by atoms with Crippen molar-refractivity contribution in [3.63, 3.8) is 0 Å². The van der Waals surface area contributed by atoms with Crippen LogP contribution in [0.2, 0.25) is 0 Å². The number of anilines is 1. The Kier molecular flexibility index (Phi) is 3.90. The van der Waals surface area contributed by atoms with E-state index >= 15 is 0 Å². The largest absolute Gasteiger partial charge is 0.481 e. The highest BCUT2D eigenvalue weighted by Crippen LogP contribution is 2.38. The van der Waals surface area contributed by atoms with Crippen molar-refractivity contribution in [2.75, 3.05) is 11.4 Å². The molecule has 0 spiro atoms. The SMILES string of the molecule is Cc1ccc(N2CC(C(=O)O)CCC2(C)C)c(Br)c1. The van der Waals surface area contributed by atoms with Crippen LogP contribution in [-0.4, -0.2) is 23.2 Å². The van der Waals surface area contributed by atoms with Crippen LogP contribution in [0.4, 0.5) is 5.69 Å². The molecule has 1 unspecified atom stereocenters. The first-order valence-electron chi connectivity index (χ1n) is 6.58. The first-order chi connectivity index (χ1) is 8.81. The van der Waals surface area contributed by atoms with Gasteiger partial charge in [0.2, 0.25) is 0 Å². The number of hydrogen-bond acceptors (Lipinski definition) is 2. The Hall–Kier alpha value is -1.03. The fourth-order valence-electron chi connectivity index (χ4n) is 2.68. The third-order valence-corrected chi connectivity index (χ3v) is 4.62. The number of halogens is 1. The van der Waals surface area contributed by atoms with Crippen LogP contribution in [0.1, 0.15) is 32.3 Å². The van der Waals surface area contributed by atoms with Gasteiger partial charge in [-0.2, -0.15) is 0 Å². The van der Waals surface area contributed by atoms with Gasteiger partial charge < -0.3 is 10.0 Å². The van der Waals surface area contributed by atoms with Crippen LogP contribution in [0.15, 0.2) is 22.7 Å². The molecule has 104 valence electrons. The minimum Gasteiger partial charge on any atom is -0.481 e. The van der Waals surface area contributed by atoms with Crippen molar-refractivity contribution in [2.45, 2.75) is 39.2 Å². The maximum absolute atomic E-state index is 11.2. The molecular weight excluding hydrogens is 306 g/mol. The van der Waals surface area contributed by atoms with Gasteiger partial charge in [0.1, 0.15) is 0 Å². The third kappa shape index (κ3) is 2.94. The maximum atomic E-state index is 11.2. The molecule has 0 radical (unpaired) electrons. The lowest BCUT2D eigenvalue weighted by atomic mass is 9.84. The van der Waals surface area contributed by atoms with E-state index < -0.39 is 5.97 Å². The summed E-state index contributed by atoms with van der Waals surface area (Å²) in [4.78, 5) is 13.5. The number of piperidine rings is 1. The number of nitrogens with zero attached hydrogens (tertiary/aromatic N) is 1. The molecule has 1 fully saturated rings. The second-order valence-electron chi connectivity index (χ2n) is 5.95. The van der Waals surface area contributed by atoms with E-state index in [0.29, 0.717) is 6.54 Å². The number of rotatable bonds is 2. The fourth-order valence-corrected chi connectivity index (χ4v) is 3.39. The van der Waals surface area contributed by atoms with Crippen molar-refractivity contribution in [3.8, 4) is 0 Å². The number of aryl methyl sites for hydroxylation is 1. The second-order valence-corrected chi connectivity index (χ2v) is 6.81. The summed E-state index contributed by atoms with van der Waals surface area (Å²) >= 11 is 3.60. The van der Waals surface area contributed by atoms with E-state index in [9.17, 15) is 9.90 Å². The Balaban J connectivity index is 2.35. The van der Waals surface area contributed by atoms with Gasteiger partial charge in [-0.25, -0.2) is 0 Å². The van der Waals surface area contributed by atoms with Crippen LogP contribution in [0.5, 0.6) is 0 Å². The van der Waals surface area contributed by atoms with Crippen LogP contribution in [0, 0.1) is 12.8 Å². The topological polar surface area (TPSA) is 40.5 Å². The minimum atomic E-state index is -0.691. The number of carbonyl (C=O) groups is 1. The smallest absolute Gasteiger partial charge is 0.308 e. The van der Waals surface area contributed by atoms with Gasteiger partial charge in [-0.1, -0.05) is 6.07 Å². The van der Waals surface area contributed by atoms with Crippen molar-refractivity contribution in [1.29, 1.82) is 0 Å². The Morgan fingerprint density at radius 3 is 2.74 bits per heavy atom. The van der Waals surface area contributed by atoms with E-state index in [0.717, 1.165) is 23.0 Å². The number of carboxylic acids is 1. The quantitative estimate of drug-likeness (QED) is 0.898. The Labute approximate surface area is 122 Å². The van der Waals surface area contributed by atoms with Gasteiger partial charge in [0, 0.05) is 16.6 Å². The van der Waals surface area contributed by atoms with Crippen molar-refractivity contribution >= 4 is 27.6 Å². The van der Waals surface area contributed by atoms with Gasteiger partial charge in [-0.3, -0.25) is 4.79 Å². The van der Waals surface area contributed by atoms with Crippen LogP contribution in [0.25, 0.3) is 0 Å². The zero-order valence-corrected chi connectivity index (χ0v) is 13.2. The lowest BCUT2D eigenvalue weighted by molar-refractivity contribution is -0.142. The summed E-state index contributed by atoms with van der Waals surface area (Å²) in [5.41, 5.74) is 2.27. The van der Waals surface area contributed by atoms with Crippen molar-refractivity contribution < 1.29 is 9.90 Å². The van der Waals surface area contributed by atoms with E-state index in [1.54, 1.807) is 0 Å². The van der Waals surface area contributed by atoms with Gasteiger partial charge in [-0.05, 0) is 67.2 Å². The summed E-state index contributed by atoms with van der Waals surface area (Å²) in [6, 6.07) is 6.22. The summed E-state index contributed by atoms with van der Waals surface area (Å²) in [6.45, 7) is 6.98. The van der Waals surface area contributed by atoms with Gasteiger partial charge in [0.25, 0.3) is 0 Å². The summed E-state index contributed by atoms with van der Waals surface area (Å²) in [5, 5.41) is 9.25. The zero-order chi connectivity index (χ0) is 14.2. The molecule has 0 bridgehead atoms. The lowest BCUT2D eigenvalue weighted by Gasteiger charge is -2.46. The van der Waals surface area contributed by atoms with Gasteiger partial charge in [0.15, 0.2) is 0 Å². The molecule has 19 heavy (non-hydrogen) atoms. The number of aliphatic carboxylic acids is 1. The average molecular weight is 326 g/mol. The molecule has 1 atom stereocenters. The standard InChI is InChI=1S/C15H20BrNO2/c1-10-4-5-13(12(16)8-10)17-9-11(14(18)19)6-7-15(17,2)3/h4-5,8,11H,6-7,9H2,1-3H3,(H,18,19). The lowest BCUT2D eigenvalue weighted by Crippen LogP contribution is -2.52. The normalized spacial score (nSPS) is 22.3. The first-order valence-corrected chi connectivity index (χ1v) is 7.37. The molecule has 3 nitrogen and oxygen atoms in total. The molecule has 1 aromatic carbocycles. The molecule has 0 aliphatic carbocycles. The molecule has 2 rings (SSSR count). The summed E-state index contributed by atoms with van der Waals surface area (Å²) < 4.78 is 1.03. The first kappa shape index (κ1) is 14.4. The van der Waals surface area contributed by atoms with E-state index in [4.69, 9.17) is 0 Å². The highest BCUT2D eigenvalue weighted by Gasteiger charge is 2.37. The Morgan fingerprint density at radius 2 is 2.16 bits per heavy atom. The molecule has 0 amide bonds. The molecule has 1 aliphatic rings. The maximum Gasteiger partial charge on any atom is 0.308 e. The molecule has 4 heteroatoms. The van der Waals surface area contributed by atoms with E-state index in [1.807, 2.05) is 0 Å². The minimum absolute atomic E-state index is 0.0102. The van der Waals surface area contributed by atoms with Crippen LogP contribution < -0.4 is 4.90 Å². The van der Waals surface area contributed by atoms with Crippen LogP contribution >= 0.6 is 15.9 Å². The highest BCUT2D eigenvalue weighted by molar-refractivity contribution is 9.10. The molecule has 0 aromatic heterocycles. The highest BCUT2D eigenvalue weighted by atomic mass is 79.9. The van der Waals surface area contributed by atoms with Gasteiger partial charge in [-0.15, -0.1) is 0 Å². The summed E-state index contributed by atoms with van der Waals surface area (Å²) in [7, 11) is 0. The fraction of sp³-hybridized carbons (Fsp3) is 0.533. The Bertz CT molecular complexity index is 499. The molecule has 1 aromatic rings. The average Bonchev–Trinajstić information content (AvgIpc) is 2.29. The van der Waals surface area contributed by atoms with Gasteiger partial charge >= 0.3 is 5.97 Å². The predicted molar refractivity (Wildman–Crippen MR) is 80.7 cm³/mol. The monoisotopic (exact) mass is 325 g/mol. The molecule has 0 saturated carbocycles. The van der Waals surface area contributed by atoms with E-state index in [1.165, 1.54) is 5.56 Å². The second kappa shape index (κ2) is 5.16. The number of benzene rings is 1. The molecule has 1 saturated heterocycles. The van der Waals surface area contributed by atoms with Crippen LogP contribution in [0.3, 0.4) is 0 Å². The summed E-state index contributed by atoms with van der Waals surface area (Å²) in [5.74, 6) is -0.968. The summed E-state index contributed by atoms with van der Waals surface area (Å²) in [6.07, 6.45) is 1.65. The van der Waals surface area contributed by atoms with Crippen molar-refractivity contribution in [3.05, 3.63) is 28.2 Å². The Morgan fingerprint density at radius 1 is 1.47 bits per heavy atom. The molecule has 1 heterocycles. The number of carboxylic acid groups (broad SMARTS) is 1. The molecule has 1 aliphatic heterocycles.